The summed E-state index contributed by atoms with van der Waals surface area (Å²) in [6, 6.07) is 10.6. The van der Waals surface area contributed by atoms with Gasteiger partial charge >= 0.3 is 0 Å². The molecule has 0 radical (unpaired) electrons. The molecule has 0 heterocycles. The van der Waals surface area contributed by atoms with Crippen LogP contribution in [0, 0.1) is 34.5 Å². The third-order valence-corrected chi connectivity index (χ3v) is 9.90. The van der Waals surface area contributed by atoms with Gasteiger partial charge in [0, 0.05) is 0 Å². The summed E-state index contributed by atoms with van der Waals surface area (Å²) in [5.74, 6) is 3.34. The number of fused-ring (bicyclic) bond motifs is 5. The van der Waals surface area contributed by atoms with Gasteiger partial charge in [-0.2, -0.15) is 0 Å². The predicted molar refractivity (Wildman–Crippen MR) is 113 cm³/mol. The molecule has 8 atom stereocenters. The maximum absolute atomic E-state index is 10.6. The molecule has 2 nitrogen and oxygen atoms in total. The van der Waals surface area contributed by atoms with Crippen molar-refractivity contribution in [2.75, 3.05) is 0 Å². The summed E-state index contributed by atoms with van der Waals surface area (Å²) in [5, 5.41) is 10.6. The first-order valence-electron chi connectivity index (χ1n) is 11.8. The van der Waals surface area contributed by atoms with Crippen molar-refractivity contribution >= 4 is 0 Å². The molecule has 1 aromatic rings. The van der Waals surface area contributed by atoms with Crippen LogP contribution >= 0.6 is 0 Å². The Kier molecular flexibility index (Phi) is 4.87. The second-order valence-electron chi connectivity index (χ2n) is 11.0. The van der Waals surface area contributed by atoms with Gasteiger partial charge in [-0.1, -0.05) is 44.2 Å². The van der Waals surface area contributed by atoms with Crippen LogP contribution in [0.1, 0.15) is 77.2 Å². The van der Waals surface area contributed by atoms with Crippen LogP contribution < -0.4 is 0 Å². The van der Waals surface area contributed by atoms with Gasteiger partial charge in [0.15, 0.2) is 0 Å². The van der Waals surface area contributed by atoms with Crippen LogP contribution in [-0.2, 0) is 11.3 Å². The standard InChI is InChI=1S/C26H38O2/c1-25-14-12-20(28-17-18-6-4-3-5-7-18)16-19(25)8-9-21-22-10-11-24(27)26(22,2)15-13-23(21)25/h3-7,19-24,27H,8-17H2,1-2H3/t19-,20-,21+,22+,23-,24-,25-,26-/m0/s1. The number of hydrogen-bond donors (Lipinski definition) is 1. The number of hydrogen-bond acceptors (Lipinski definition) is 2. The second kappa shape index (κ2) is 7.13. The molecule has 4 aliphatic rings. The average Bonchev–Trinajstić information content (AvgIpc) is 3.02. The monoisotopic (exact) mass is 382 g/mol. The molecular formula is C26H38O2. The van der Waals surface area contributed by atoms with Crippen molar-refractivity contribution in [2.45, 2.75) is 90.4 Å². The number of ether oxygens (including phenoxy) is 1. The summed E-state index contributed by atoms with van der Waals surface area (Å²) >= 11 is 0. The fraction of sp³-hybridized carbons (Fsp3) is 0.769. The highest BCUT2D eigenvalue weighted by Crippen LogP contribution is 2.66. The molecule has 0 amide bonds. The van der Waals surface area contributed by atoms with E-state index in [2.05, 4.69) is 44.2 Å². The third-order valence-electron chi connectivity index (χ3n) is 9.90. The number of aliphatic hydroxyl groups is 1. The van der Waals surface area contributed by atoms with Crippen molar-refractivity contribution in [1.29, 1.82) is 0 Å². The van der Waals surface area contributed by atoms with E-state index in [-0.39, 0.29) is 11.5 Å². The molecule has 0 aromatic heterocycles. The zero-order valence-corrected chi connectivity index (χ0v) is 17.8. The molecule has 1 aromatic carbocycles. The Morgan fingerprint density at radius 2 is 1.64 bits per heavy atom. The molecule has 0 saturated heterocycles. The van der Waals surface area contributed by atoms with Gasteiger partial charge in [-0.25, -0.2) is 0 Å². The van der Waals surface area contributed by atoms with Crippen molar-refractivity contribution in [1.82, 2.24) is 0 Å². The summed E-state index contributed by atoms with van der Waals surface area (Å²) in [4.78, 5) is 0. The smallest absolute Gasteiger partial charge is 0.0720 e. The minimum Gasteiger partial charge on any atom is -0.393 e. The maximum Gasteiger partial charge on any atom is 0.0720 e. The normalized spacial score (nSPS) is 47.8. The minimum absolute atomic E-state index is 0.0499. The lowest BCUT2D eigenvalue weighted by Crippen LogP contribution is -2.54. The lowest BCUT2D eigenvalue weighted by atomic mass is 9.45. The van der Waals surface area contributed by atoms with E-state index in [0.717, 1.165) is 36.7 Å². The summed E-state index contributed by atoms with van der Waals surface area (Å²) < 4.78 is 6.37. The first-order chi connectivity index (χ1) is 13.5. The Balaban J connectivity index is 1.26. The van der Waals surface area contributed by atoms with Crippen molar-refractivity contribution in [3.05, 3.63) is 35.9 Å². The van der Waals surface area contributed by atoms with E-state index in [1.54, 1.807) is 0 Å². The summed E-state index contributed by atoms with van der Waals surface area (Å²) in [7, 11) is 0. The SMILES string of the molecule is C[C@]12CC[C@H]3[C@H](CC[C@H]4C[C@@H](OCc5ccccc5)CC[C@@]43C)[C@H]1CC[C@@H]2O. The molecule has 4 fully saturated rings. The highest BCUT2D eigenvalue weighted by atomic mass is 16.5. The van der Waals surface area contributed by atoms with Crippen molar-refractivity contribution in [2.24, 2.45) is 34.5 Å². The van der Waals surface area contributed by atoms with Gasteiger partial charge in [-0.3, -0.25) is 0 Å². The van der Waals surface area contributed by atoms with Crippen LogP contribution in [0.3, 0.4) is 0 Å². The van der Waals surface area contributed by atoms with Crippen LogP contribution in [0.2, 0.25) is 0 Å². The van der Waals surface area contributed by atoms with Gasteiger partial charge in [-0.15, -0.1) is 0 Å². The Bertz CT molecular complexity index is 687. The van der Waals surface area contributed by atoms with E-state index in [4.69, 9.17) is 4.74 Å². The fourth-order valence-corrected chi connectivity index (χ4v) is 8.13. The van der Waals surface area contributed by atoms with Gasteiger partial charge < -0.3 is 9.84 Å². The maximum atomic E-state index is 10.6. The topological polar surface area (TPSA) is 29.5 Å². The van der Waals surface area contributed by atoms with E-state index < -0.39 is 0 Å². The zero-order valence-electron chi connectivity index (χ0n) is 17.8. The quantitative estimate of drug-likeness (QED) is 0.697. The molecule has 2 heteroatoms. The van der Waals surface area contributed by atoms with E-state index in [1.165, 1.54) is 56.9 Å². The third kappa shape index (κ3) is 2.98. The van der Waals surface area contributed by atoms with Crippen LogP contribution in [0.25, 0.3) is 0 Å². The van der Waals surface area contributed by atoms with Crippen LogP contribution in [0.5, 0.6) is 0 Å². The predicted octanol–water partition coefficient (Wildman–Crippen LogP) is 5.98. The van der Waals surface area contributed by atoms with Gasteiger partial charge in [0.2, 0.25) is 0 Å². The minimum atomic E-state index is -0.0499. The average molecular weight is 383 g/mol. The highest BCUT2D eigenvalue weighted by Gasteiger charge is 2.60. The Labute approximate surface area is 171 Å². The van der Waals surface area contributed by atoms with E-state index in [9.17, 15) is 5.11 Å². The molecule has 0 aliphatic heterocycles. The lowest BCUT2D eigenvalue weighted by Gasteiger charge is -2.60. The molecule has 4 aliphatic carbocycles. The summed E-state index contributed by atoms with van der Waals surface area (Å²) in [5.41, 5.74) is 2.01. The Hall–Kier alpha value is -0.860. The molecule has 1 N–H and O–H groups in total. The van der Waals surface area contributed by atoms with Crippen molar-refractivity contribution < 1.29 is 9.84 Å². The fourth-order valence-electron chi connectivity index (χ4n) is 8.13. The lowest BCUT2D eigenvalue weighted by molar-refractivity contribution is -0.142. The van der Waals surface area contributed by atoms with Crippen LogP contribution in [-0.4, -0.2) is 17.3 Å². The summed E-state index contributed by atoms with van der Waals surface area (Å²) in [6.45, 7) is 5.78. The molecule has 154 valence electrons. The largest absolute Gasteiger partial charge is 0.393 e. The first kappa shape index (κ1) is 19.1. The van der Waals surface area contributed by atoms with Crippen molar-refractivity contribution in [3.8, 4) is 0 Å². The number of benzene rings is 1. The van der Waals surface area contributed by atoms with Gasteiger partial charge in [-0.05, 0) is 97.9 Å². The van der Waals surface area contributed by atoms with Crippen LogP contribution in [0.4, 0.5) is 0 Å². The van der Waals surface area contributed by atoms with E-state index in [0.29, 0.717) is 11.5 Å². The summed E-state index contributed by atoms with van der Waals surface area (Å²) in [6.07, 6.45) is 11.9. The number of rotatable bonds is 3. The highest BCUT2D eigenvalue weighted by molar-refractivity contribution is 5.14. The Morgan fingerprint density at radius 1 is 0.893 bits per heavy atom. The van der Waals surface area contributed by atoms with Gasteiger partial charge in [0.05, 0.1) is 18.8 Å². The van der Waals surface area contributed by atoms with Gasteiger partial charge in [0.25, 0.3) is 0 Å². The molecule has 4 saturated carbocycles. The van der Waals surface area contributed by atoms with Crippen molar-refractivity contribution in [3.63, 3.8) is 0 Å². The molecule has 28 heavy (non-hydrogen) atoms. The zero-order chi connectivity index (χ0) is 19.4. The molecular weight excluding hydrogens is 344 g/mol. The molecule has 5 rings (SSSR count). The van der Waals surface area contributed by atoms with E-state index in [1.807, 2.05) is 0 Å². The van der Waals surface area contributed by atoms with E-state index >= 15 is 0 Å². The van der Waals surface area contributed by atoms with Crippen LogP contribution in [0.15, 0.2) is 30.3 Å². The molecule has 0 bridgehead atoms. The Morgan fingerprint density at radius 3 is 2.46 bits per heavy atom. The first-order valence-corrected chi connectivity index (χ1v) is 11.8. The molecule has 0 spiro atoms. The number of aliphatic hydroxyl groups excluding tert-OH is 1. The molecule has 0 unspecified atom stereocenters. The second-order valence-corrected chi connectivity index (χ2v) is 11.0. The van der Waals surface area contributed by atoms with Gasteiger partial charge in [0.1, 0.15) is 0 Å².